The van der Waals surface area contributed by atoms with Gasteiger partial charge in [-0.25, -0.2) is 18.1 Å². The number of rotatable bonds is 5. The van der Waals surface area contributed by atoms with E-state index in [4.69, 9.17) is 5.73 Å². The van der Waals surface area contributed by atoms with Crippen LogP contribution in [0.5, 0.6) is 0 Å². The lowest BCUT2D eigenvalue weighted by molar-refractivity contribution is 0.580. The fraction of sp³-hybridized carbons (Fsp3) is 0.357. The van der Waals surface area contributed by atoms with Crippen LogP contribution in [0.3, 0.4) is 0 Å². The van der Waals surface area contributed by atoms with E-state index >= 15 is 0 Å². The molecule has 0 amide bonds. The minimum Gasteiger partial charge on any atom is -0.399 e. The van der Waals surface area contributed by atoms with Gasteiger partial charge in [-0.1, -0.05) is 0 Å². The maximum Gasteiger partial charge on any atom is 0.241 e. The first-order valence-electron chi connectivity index (χ1n) is 6.57. The van der Waals surface area contributed by atoms with Crippen molar-refractivity contribution in [3.05, 3.63) is 39.3 Å². The van der Waals surface area contributed by atoms with E-state index in [9.17, 15) is 8.42 Å². The van der Waals surface area contributed by atoms with Crippen LogP contribution >= 0.6 is 11.3 Å². The zero-order valence-electron chi connectivity index (χ0n) is 12.3. The van der Waals surface area contributed by atoms with Gasteiger partial charge in [-0.3, -0.25) is 0 Å². The summed E-state index contributed by atoms with van der Waals surface area (Å²) < 4.78 is 27.5. The van der Waals surface area contributed by atoms with Crippen molar-refractivity contribution in [2.75, 3.05) is 12.3 Å². The van der Waals surface area contributed by atoms with Crippen LogP contribution in [0.4, 0.5) is 5.69 Å². The fourth-order valence-electron chi connectivity index (χ4n) is 2.32. The first-order valence-corrected chi connectivity index (χ1v) is 8.93. The van der Waals surface area contributed by atoms with Gasteiger partial charge in [0.2, 0.25) is 10.0 Å². The molecule has 0 aliphatic heterocycles. The van der Waals surface area contributed by atoms with Crippen LogP contribution in [0.25, 0.3) is 0 Å². The predicted octanol–water partition coefficient (Wildman–Crippen LogP) is 2.17. The van der Waals surface area contributed by atoms with Crippen LogP contribution in [0.1, 0.15) is 21.8 Å². The smallest absolute Gasteiger partial charge is 0.241 e. The first-order chi connectivity index (χ1) is 9.79. The van der Waals surface area contributed by atoms with Gasteiger partial charge in [0.1, 0.15) is 0 Å². The second kappa shape index (κ2) is 6.13. The average molecular weight is 325 g/mol. The van der Waals surface area contributed by atoms with Crippen molar-refractivity contribution in [1.82, 2.24) is 9.71 Å². The molecule has 0 saturated heterocycles. The molecule has 0 fully saturated rings. The standard InChI is InChI=1S/C14H19N3O2S2/c1-9-6-12(15)7-10(2)14(9)21(18,19)16-5-4-13-8-20-11(3)17-13/h6-8,16H,4-5,15H2,1-3H3. The highest BCUT2D eigenvalue weighted by Crippen LogP contribution is 2.22. The molecule has 5 nitrogen and oxygen atoms in total. The zero-order valence-corrected chi connectivity index (χ0v) is 13.9. The Bertz CT molecular complexity index is 728. The summed E-state index contributed by atoms with van der Waals surface area (Å²) in [7, 11) is -3.53. The van der Waals surface area contributed by atoms with Crippen LogP contribution in [0.15, 0.2) is 22.4 Å². The molecule has 0 radical (unpaired) electrons. The van der Waals surface area contributed by atoms with E-state index in [1.807, 2.05) is 12.3 Å². The van der Waals surface area contributed by atoms with Gasteiger partial charge in [-0.15, -0.1) is 11.3 Å². The van der Waals surface area contributed by atoms with E-state index < -0.39 is 10.0 Å². The molecule has 1 heterocycles. The van der Waals surface area contributed by atoms with Crippen molar-refractivity contribution in [2.24, 2.45) is 0 Å². The molecule has 2 rings (SSSR count). The molecule has 21 heavy (non-hydrogen) atoms. The summed E-state index contributed by atoms with van der Waals surface area (Å²) >= 11 is 1.56. The van der Waals surface area contributed by atoms with Gasteiger partial charge in [-0.2, -0.15) is 0 Å². The van der Waals surface area contributed by atoms with Crippen LogP contribution in [0, 0.1) is 20.8 Å². The van der Waals surface area contributed by atoms with Gasteiger partial charge in [0, 0.05) is 24.0 Å². The SMILES string of the molecule is Cc1nc(CCNS(=O)(=O)c2c(C)cc(N)cc2C)cs1. The monoisotopic (exact) mass is 325 g/mol. The molecule has 0 aliphatic rings. The van der Waals surface area contributed by atoms with Crippen molar-refractivity contribution >= 4 is 27.0 Å². The molecule has 0 spiro atoms. The number of sulfonamides is 1. The van der Waals surface area contributed by atoms with Gasteiger partial charge in [0.05, 0.1) is 15.6 Å². The van der Waals surface area contributed by atoms with Crippen LogP contribution in [0.2, 0.25) is 0 Å². The molecular formula is C14H19N3O2S2. The van der Waals surface area contributed by atoms with Gasteiger partial charge >= 0.3 is 0 Å². The Labute approximate surface area is 129 Å². The number of hydrogen-bond donors (Lipinski definition) is 2. The summed E-state index contributed by atoms with van der Waals surface area (Å²) in [6, 6.07) is 3.34. The van der Waals surface area contributed by atoms with Crippen LogP contribution in [-0.2, 0) is 16.4 Å². The Morgan fingerprint density at radius 1 is 1.24 bits per heavy atom. The number of nitrogens with two attached hydrogens (primary N) is 1. The number of aryl methyl sites for hydroxylation is 3. The lowest BCUT2D eigenvalue weighted by Crippen LogP contribution is -2.27. The van der Waals surface area contributed by atoms with Gasteiger partial charge in [0.25, 0.3) is 0 Å². The second-order valence-corrected chi connectivity index (χ2v) is 7.76. The maximum absolute atomic E-state index is 12.4. The van der Waals surface area contributed by atoms with Crippen molar-refractivity contribution in [1.29, 1.82) is 0 Å². The Morgan fingerprint density at radius 3 is 2.38 bits per heavy atom. The summed E-state index contributed by atoms with van der Waals surface area (Å²) in [4.78, 5) is 4.63. The molecule has 1 aromatic heterocycles. The molecule has 0 aliphatic carbocycles. The van der Waals surface area contributed by atoms with E-state index in [2.05, 4.69) is 9.71 Å². The molecule has 2 aromatic rings. The van der Waals surface area contributed by atoms with Crippen molar-refractivity contribution < 1.29 is 8.42 Å². The number of nitrogens with one attached hydrogen (secondary N) is 1. The molecule has 0 bridgehead atoms. The highest BCUT2D eigenvalue weighted by atomic mass is 32.2. The lowest BCUT2D eigenvalue weighted by atomic mass is 10.1. The lowest BCUT2D eigenvalue weighted by Gasteiger charge is -2.12. The summed E-state index contributed by atoms with van der Waals surface area (Å²) in [6.07, 6.45) is 0.580. The van der Waals surface area contributed by atoms with Gasteiger partial charge in [0.15, 0.2) is 0 Å². The van der Waals surface area contributed by atoms with Gasteiger partial charge in [-0.05, 0) is 44.0 Å². The van der Waals surface area contributed by atoms with Crippen molar-refractivity contribution in [2.45, 2.75) is 32.1 Å². The Balaban J connectivity index is 2.12. The minimum absolute atomic E-state index is 0.311. The molecule has 114 valence electrons. The first kappa shape index (κ1) is 15.9. The highest BCUT2D eigenvalue weighted by molar-refractivity contribution is 7.89. The third-order valence-corrected chi connectivity index (χ3v) is 5.68. The van der Waals surface area contributed by atoms with E-state index in [1.165, 1.54) is 0 Å². The summed E-state index contributed by atoms with van der Waals surface area (Å²) in [5, 5.41) is 2.93. The zero-order chi connectivity index (χ0) is 15.6. The molecule has 1 aromatic carbocycles. The normalized spacial score (nSPS) is 11.8. The van der Waals surface area contributed by atoms with Gasteiger partial charge < -0.3 is 5.73 Å². The predicted molar refractivity (Wildman–Crippen MR) is 86.1 cm³/mol. The fourth-order valence-corrected chi connectivity index (χ4v) is 4.44. The topological polar surface area (TPSA) is 85.1 Å². The molecular weight excluding hydrogens is 306 g/mol. The van der Waals surface area contributed by atoms with Crippen molar-refractivity contribution in [3.8, 4) is 0 Å². The number of benzene rings is 1. The molecule has 0 unspecified atom stereocenters. The van der Waals surface area contributed by atoms with E-state index in [-0.39, 0.29) is 0 Å². The third kappa shape index (κ3) is 3.81. The molecule has 7 heteroatoms. The number of nitrogen functional groups attached to an aromatic ring is 1. The largest absolute Gasteiger partial charge is 0.399 e. The van der Waals surface area contributed by atoms with Crippen LogP contribution < -0.4 is 10.5 Å². The average Bonchev–Trinajstić information content (AvgIpc) is 2.72. The quantitative estimate of drug-likeness (QED) is 0.825. The number of nitrogens with zero attached hydrogens (tertiary/aromatic N) is 1. The number of thiazole rings is 1. The summed E-state index contributed by atoms with van der Waals surface area (Å²) in [5.74, 6) is 0. The van der Waals surface area contributed by atoms with E-state index in [0.29, 0.717) is 34.7 Å². The second-order valence-electron chi connectivity index (χ2n) is 4.99. The minimum atomic E-state index is -3.53. The highest BCUT2D eigenvalue weighted by Gasteiger charge is 2.19. The Morgan fingerprint density at radius 2 is 1.86 bits per heavy atom. The van der Waals surface area contributed by atoms with Crippen molar-refractivity contribution in [3.63, 3.8) is 0 Å². The van der Waals surface area contributed by atoms with E-state index in [1.54, 1.807) is 37.3 Å². The Kier molecular flexibility index (Phi) is 4.65. The van der Waals surface area contributed by atoms with E-state index in [0.717, 1.165) is 10.7 Å². The number of anilines is 1. The molecule has 0 atom stereocenters. The third-order valence-electron chi connectivity index (χ3n) is 3.09. The summed E-state index contributed by atoms with van der Waals surface area (Å²) in [6.45, 7) is 5.76. The number of aromatic nitrogens is 1. The number of hydrogen-bond acceptors (Lipinski definition) is 5. The molecule has 3 N–H and O–H groups in total. The maximum atomic E-state index is 12.4. The summed E-state index contributed by atoms with van der Waals surface area (Å²) in [5.41, 5.74) is 8.52. The van der Waals surface area contributed by atoms with Crippen LogP contribution in [-0.4, -0.2) is 19.9 Å². The molecule has 0 saturated carbocycles. The Hall–Kier alpha value is -1.44.